The number of Topliss-reactive ketones (excluding diaryl/α,β-unsaturated/α-hetero) is 1. The number of hydrogen-bond donors (Lipinski definition) is 1. The molecule has 18 heavy (non-hydrogen) atoms. The van der Waals surface area contributed by atoms with E-state index in [0.29, 0.717) is 18.6 Å². The maximum Gasteiger partial charge on any atom is 0.136 e. The van der Waals surface area contributed by atoms with Gasteiger partial charge in [-0.25, -0.2) is 0 Å². The van der Waals surface area contributed by atoms with Crippen molar-refractivity contribution in [2.45, 2.75) is 31.8 Å². The van der Waals surface area contributed by atoms with Gasteiger partial charge in [-0.15, -0.1) is 0 Å². The van der Waals surface area contributed by atoms with Crippen molar-refractivity contribution < 1.29 is 9.53 Å². The standard InChI is InChI=1S/C15H19NO2/c1-11-9-14(17)10-13(16-11)6-3-12-4-7-15(18-2)8-5-12/h3-8,11,13,16H,9-10H2,1-2H3/b6-3+/t11-,13+/m1/s1. The Bertz CT molecular complexity index is 436. The third kappa shape index (κ3) is 3.44. The molecule has 96 valence electrons. The average molecular weight is 245 g/mol. The van der Waals surface area contributed by atoms with Crippen LogP contribution in [0.4, 0.5) is 0 Å². The van der Waals surface area contributed by atoms with E-state index in [2.05, 4.69) is 11.4 Å². The lowest BCUT2D eigenvalue weighted by Gasteiger charge is -2.25. The molecular weight excluding hydrogens is 226 g/mol. The zero-order valence-electron chi connectivity index (χ0n) is 10.8. The summed E-state index contributed by atoms with van der Waals surface area (Å²) in [5, 5.41) is 3.41. The molecule has 0 aromatic heterocycles. The normalized spacial score (nSPS) is 24.4. The summed E-state index contributed by atoms with van der Waals surface area (Å²) >= 11 is 0. The first-order valence-corrected chi connectivity index (χ1v) is 6.27. The fourth-order valence-corrected chi connectivity index (χ4v) is 2.22. The van der Waals surface area contributed by atoms with Crippen molar-refractivity contribution in [3.05, 3.63) is 35.9 Å². The van der Waals surface area contributed by atoms with Crippen LogP contribution in [0.3, 0.4) is 0 Å². The Morgan fingerprint density at radius 2 is 2.00 bits per heavy atom. The third-order valence-corrected chi connectivity index (χ3v) is 3.12. The summed E-state index contributed by atoms with van der Waals surface area (Å²) in [5.74, 6) is 1.19. The van der Waals surface area contributed by atoms with Gasteiger partial charge in [-0.3, -0.25) is 4.79 Å². The third-order valence-electron chi connectivity index (χ3n) is 3.12. The fourth-order valence-electron chi connectivity index (χ4n) is 2.22. The predicted molar refractivity (Wildman–Crippen MR) is 72.7 cm³/mol. The van der Waals surface area contributed by atoms with E-state index in [4.69, 9.17) is 4.74 Å². The molecule has 0 spiro atoms. The highest BCUT2D eigenvalue weighted by Gasteiger charge is 2.21. The van der Waals surface area contributed by atoms with Crippen LogP contribution in [0, 0.1) is 0 Å². The van der Waals surface area contributed by atoms with Gasteiger partial charge in [0.2, 0.25) is 0 Å². The second-order valence-corrected chi connectivity index (χ2v) is 4.75. The van der Waals surface area contributed by atoms with Gasteiger partial charge in [-0.1, -0.05) is 24.3 Å². The monoisotopic (exact) mass is 245 g/mol. The number of carbonyl (C=O) groups excluding carboxylic acids is 1. The summed E-state index contributed by atoms with van der Waals surface area (Å²) < 4.78 is 5.11. The highest BCUT2D eigenvalue weighted by molar-refractivity contribution is 5.81. The first-order valence-electron chi connectivity index (χ1n) is 6.27. The minimum Gasteiger partial charge on any atom is -0.497 e. The van der Waals surface area contributed by atoms with Crippen molar-refractivity contribution in [3.8, 4) is 5.75 Å². The van der Waals surface area contributed by atoms with Gasteiger partial charge in [0.1, 0.15) is 11.5 Å². The number of ether oxygens (including phenoxy) is 1. The minimum atomic E-state index is 0.156. The topological polar surface area (TPSA) is 38.3 Å². The molecule has 1 aromatic carbocycles. The Morgan fingerprint density at radius 1 is 1.28 bits per heavy atom. The number of carbonyl (C=O) groups is 1. The molecule has 1 saturated heterocycles. The number of piperidine rings is 1. The van der Waals surface area contributed by atoms with E-state index in [1.54, 1.807) is 7.11 Å². The Morgan fingerprint density at radius 3 is 2.61 bits per heavy atom. The van der Waals surface area contributed by atoms with Crippen LogP contribution in [0.1, 0.15) is 25.3 Å². The highest BCUT2D eigenvalue weighted by atomic mass is 16.5. The van der Waals surface area contributed by atoms with E-state index in [1.807, 2.05) is 37.3 Å². The number of benzene rings is 1. The van der Waals surface area contributed by atoms with Gasteiger partial charge in [-0.2, -0.15) is 0 Å². The first kappa shape index (κ1) is 12.8. The Hall–Kier alpha value is -1.61. The molecular formula is C15H19NO2. The summed E-state index contributed by atoms with van der Waals surface area (Å²) in [6.45, 7) is 2.05. The molecule has 0 bridgehead atoms. The largest absolute Gasteiger partial charge is 0.497 e. The van der Waals surface area contributed by atoms with E-state index in [9.17, 15) is 4.79 Å². The van der Waals surface area contributed by atoms with Gasteiger partial charge in [0, 0.05) is 24.9 Å². The smallest absolute Gasteiger partial charge is 0.136 e. The summed E-state index contributed by atoms with van der Waals surface area (Å²) in [5.41, 5.74) is 1.11. The van der Waals surface area contributed by atoms with Gasteiger partial charge in [-0.05, 0) is 24.6 Å². The lowest BCUT2D eigenvalue weighted by atomic mass is 9.97. The number of nitrogens with one attached hydrogen (secondary N) is 1. The average Bonchev–Trinajstić information content (AvgIpc) is 2.36. The van der Waals surface area contributed by atoms with E-state index in [1.165, 1.54) is 0 Å². The molecule has 1 N–H and O–H groups in total. The zero-order valence-corrected chi connectivity index (χ0v) is 10.8. The van der Waals surface area contributed by atoms with Crippen molar-refractivity contribution in [1.29, 1.82) is 0 Å². The van der Waals surface area contributed by atoms with Crippen LogP contribution in [0.2, 0.25) is 0 Å². The van der Waals surface area contributed by atoms with Crippen LogP contribution in [-0.2, 0) is 4.79 Å². The Balaban J connectivity index is 1.98. The van der Waals surface area contributed by atoms with Crippen LogP contribution < -0.4 is 10.1 Å². The van der Waals surface area contributed by atoms with E-state index in [0.717, 1.165) is 11.3 Å². The molecule has 1 fully saturated rings. The van der Waals surface area contributed by atoms with Crippen molar-refractivity contribution in [1.82, 2.24) is 5.32 Å². The maximum absolute atomic E-state index is 11.5. The SMILES string of the molecule is COc1ccc(/C=C/[C@H]2CC(=O)C[C@@H](C)N2)cc1. The van der Waals surface area contributed by atoms with Crippen LogP contribution in [0.5, 0.6) is 5.75 Å². The van der Waals surface area contributed by atoms with Crippen LogP contribution in [0.15, 0.2) is 30.3 Å². The lowest BCUT2D eigenvalue weighted by molar-refractivity contribution is -0.121. The van der Waals surface area contributed by atoms with E-state index < -0.39 is 0 Å². The quantitative estimate of drug-likeness (QED) is 0.888. The molecule has 0 aliphatic carbocycles. The molecule has 2 atom stereocenters. The molecule has 1 heterocycles. The van der Waals surface area contributed by atoms with E-state index >= 15 is 0 Å². The summed E-state index contributed by atoms with van der Waals surface area (Å²) in [6.07, 6.45) is 5.35. The molecule has 1 aliphatic rings. The Kier molecular flexibility index (Phi) is 4.15. The zero-order chi connectivity index (χ0) is 13.0. The molecule has 3 heteroatoms. The number of methoxy groups -OCH3 is 1. The Labute approximate surface area is 108 Å². The number of ketones is 1. The first-order chi connectivity index (χ1) is 8.67. The summed E-state index contributed by atoms with van der Waals surface area (Å²) in [4.78, 5) is 11.5. The number of hydrogen-bond acceptors (Lipinski definition) is 3. The summed E-state index contributed by atoms with van der Waals surface area (Å²) in [6, 6.07) is 8.30. The highest BCUT2D eigenvalue weighted by Crippen LogP contribution is 2.14. The molecule has 0 amide bonds. The van der Waals surface area contributed by atoms with E-state index in [-0.39, 0.29) is 12.1 Å². The van der Waals surface area contributed by atoms with Crippen molar-refractivity contribution >= 4 is 11.9 Å². The van der Waals surface area contributed by atoms with Gasteiger partial charge in [0.25, 0.3) is 0 Å². The van der Waals surface area contributed by atoms with Crippen LogP contribution >= 0.6 is 0 Å². The molecule has 0 saturated carbocycles. The van der Waals surface area contributed by atoms with Crippen molar-refractivity contribution in [2.75, 3.05) is 7.11 Å². The van der Waals surface area contributed by atoms with Gasteiger partial charge in [0.15, 0.2) is 0 Å². The van der Waals surface area contributed by atoms with Crippen molar-refractivity contribution in [3.63, 3.8) is 0 Å². The molecule has 1 aromatic rings. The van der Waals surface area contributed by atoms with Gasteiger partial charge >= 0.3 is 0 Å². The second-order valence-electron chi connectivity index (χ2n) is 4.75. The second kappa shape index (κ2) is 5.83. The predicted octanol–water partition coefficient (Wildman–Crippen LogP) is 2.42. The number of rotatable bonds is 3. The maximum atomic E-state index is 11.5. The van der Waals surface area contributed by atoms with Crippen molar-refractivity contribution in [2.24, 2.45) is 0 Å². The molecule has 3 nitrogen and oxygen atoms in total. The molecule has 0 radical (unpaired) electrons. The van der Waals surface area contributed by atoms with Gasteiger partial charge < -0.3 is 10.1 Å². The van der Waals surface area contributed by atoms with Crippen LogP contribution in [-0.4, -0.2) is 25.0 Å². The lowest BCUT2D eigenvalue weighted by Crippen LogP contribution is -2.43. The molecule has 2 rings (SSSR count). The minimum absolute atomic E-state index is 0.156. The summed E-state index contributed by atoms with van der Waals surface area (Å²) in [7, 11) is 1.66. The van der Waals surface area contributed by atoms with Crippen LogP contribution in [0.25, 0.3) is 6.08 Å². The molecule has 0 unspecified atom stereocenters. The van der Waals surface area contributed by atoms with Gasteiger partial charge in [0.05, 0.1) is 7.11 Å². The molecule has 1 aliphatic heterocycles. The fraction of sp³-hybridized carbons (Fsp3) is 0.400.